The van der Waals surface area contributed by atoms with Crippen LogP contribution in [0.5, 0.6) is 0 Å². The zero-order valence-corrected chi connectivity index (χ0v) is 17.5. The maximum Gasteiger partial charge on any atom is 0.433 e. The summed E-state index contributed by atoms with van der Waals surface area (Å²) in [7, 11) is 0. The van der Waals surface area contributed by atoms with Gasteiger partial charge in [-0.05, 0) is 42.3 Å². The van der Waals surface area contributed by atoms with E-state index in [1.54, 1.807) is 0 Å². The van der Waals surface area contributed by atoms with Gasteiger partial charge in [-0.25, -0.2) is 9.78 Å². The molecule has 12 heteroatoms. The van der Waals surface area contributed by atoms with E-state index in [4.69, 9.17) is 0 Å². The van der Waals surface area contributed by atoms with Crippen molar-refractivity contribution in [3.63, 3.8) is 0 Å². The fraction of sp³-hybridized carbons (Fsp3) is 0.381. The van der Waals surface area contributed by atoms with Gasteiger partial charge in [0.2, 0.25) is 5.91 Å². The topological polar surface area (TPSA) is 65.5 Å². The molecule has 0 saturated carbocycles. The molecule has 33 heavy (non-hydrogen) atoms. The Morgan fingerprint density at radius 3 is 2.18 bits per heavy atom. The van der Waals surface area contributed by atoms with E-state index in [0.717, 1.165) is 42.6 Å². The molecule has 3 rings (SSSR count). The number of hydrogen-bond acceptors (Lipinski definition) is 3. The van der Waals surface area contributed by atoms with E-state index in [1.165, 1.54) is 9.80 Å². The summed E-state index contributed by atoms with van der Waals surface area (Å²) >= 11 is 0. The van der Waals surface area contributed by atoms with Crippen LogP contribution in [0.3, 0.4) is 0 Å². The van der Waals surface area contributed by atoms with Gasteiger partial charge >= 0.3 is 18.4 Å². The van der Waals surface area contributed by atoms with Gasteiger partial charge in [-0.2, -0.15) is 26.3 Å². The lowest BCUT2D eigenvalue weighted by molar-refractivity contribution is -0.141. The van der Waals surface area contributed by atoms with Crippen LogP contribution < -0.4 is 10.2 Å². The Hall–Kier alpha value is -3.31. The Kier molecular flexibility index (Phi) is 6.57. The molecule has 0 aliphatic carbocycles. The first-order valence-electron chi connectivity index (χ1n) is 9.86. The first-order valence-corrected chi connectivity index (χ1v) is 9.86. The molecule has 1 atom stereocenters. The quantitative estimate of drug-likeness (QED) is 0.619. The molecule has 0 unspecified atom stereocenters. The molecule has 2 heterocycles. The third-order valence-corrected chi connectivity index (χ3v) is 5.18. The number of nitrogens with one attached hydrogen (secondary N) is 1. The average molecular weight is 474 g/mol. The van der Waals surface area contributed by atoms with Crippen molar-refractivity contribution in [3.8, 4) is 0 Å². The summed E-state index contributed by atoms with van der Waals surface area (Å²) in [4.78, 5) is 31.3. The number of carbonyl (C=O) groups is 2. The second kappa shape index (κ2) is 8.91. The van der Waals surface area contributed by atoms with Crippen LogP contribution in [-0.4, -0.2) is 41.0 Å². The van der Waals surface area contributed by atoms with Gasteiger partial charge in [0.05, 0.1) is 23.5 Å². The summed E-state index contributed by atoms with van der Waals surface area (Å²) < 4.78 is 76.3. The molecule has 3 amide bonds. The van der Waals surface area contributed by atoms with Crippen molar-refractivity contribution in [2.45, 2.75) is 32.2 Å². The lowest BCUT2D eigenvalue weighted by Crippen LogP contribution is -2.42. The van der Waals surface area contributed by atoms with Crippen LogP contribution in [0.2, 0.25) is 0 Å². The first-order chi connectivity index (χ1) is 15.3. The molecule has 178 valence electrons. The van der Waals surface area contributed by atoms with Crippen LogP contribution in [-0.2, 0) is 17.1 Å². The van der Waals surface area contributed by atoms with Crippen LogP contribution in [0.4, 0.5) is 42.5 Å². The Labute approximate surface area is 185 Å². The molecular weight excluding hydrogens is 454 g/mol. The Balaban J connectivity index is 1.72. The fourth-order valence-electron chi connectivity index (χ4n) is 3.44. The van der Waals surface area contributed by atoms with Crippen molar-refractivity contribution in [3.05, 3.63) is 53.9 Å². The normalized spacial score (nSPS) is 17.1. The number of carbonyl (C=O) groups excluding carboxylic acids is 2. The minimum absolute atomic E-state index is 0.0831. The number of hydrogen-bond donors (Lipinski definition) is 1. The lowest BCUT2D eigenvalue weighted by atomic mass is 10.0. The van der Waals surface area contributed by atoms with Gasteiger partial charge in [0.25, 0.3) is 0 Å². The van der Waals surface area contributed by atoms with Crippen LogP contribution in [0.1, 0.15) is 25.1 Å². The summed E-state index contributed by atoms with van der Waals surface area (Å²) in [6, 6.07) is 4.76. The monoisotopic (exact) mass is 474 g/mol. The number of nitrogens with zero attached hydrogens (tertiary/aromatic N) is 3. The fourth-order valence-corrected chi connectivity index (χ4v) is 3.44. The smallest absolute Gasteiger partial charge is 0.325 e. The third kappa shape index (κ3) is 5.55. The molecule has 1 aliphatic rings. The van der Waals surface area contributed by atoms with Gasteiger partial charge in [0.15, 0.2) is 0 Å². The summed E-state index contributed by atoms with van der Waals surface area (Å²) in [6.07, 6.45) is -8.17. The Bertz CT molecular complexity index is 1000. The number of anilines is 2. The van der Waals surface area contributed by atoms with Gasteiger partial charge in [0, 0.05) is 12.2 Å². The van der Waals surface area contributed by atoms with Crippen molar-refractivity contribution in [2.24, 2.45) is 5.92 Å². The molecule has 2 aromatic rings. The van der Waals surface area contributed by atoms with Crippen LogP contribution in [0, 0.1) is 5.92 Å². The molecule has 1 fully saturated rings. The number of benzene rings is 1. The van der Waals surface area contributed by atoms with Gasteiger partial charge in [-0.1, -0.05) is 13.8 Å². The minimum atomic E-state index is -4.61. The van der Waals surface area contributed by atoms with Crippen molar-refractivity contribution in [1.82, 2.24) is 9.88 Å². The van der Waals surface area contributed by atoms with Crippen molar-refractivity contribution >= 4 is 23.3 Å². The number of pyridine rings is 1. The van der Waals surface area contributed by atoms with E-state index >= 15 is 0 Å². The Morgan fingerprint density at radius 2 is 1.70 bits per heavy atom. The number of amides is 3. The molecule has 1 aromatic heterocycles. The van der Waals surface area contributed by atoms with Crippen LogP contribution >= 0.6 is 0 Å². The van der Waals surface area contributed by atoms with E-state index < -0.39 is 41.6 Å². The van der Waals surface area contributed by atoms with Gasteiger partial charge < -0.3 is 10.2 Å². The summed E-state index contributed by atoms with van der Waals surface area (Å²) in [6.45, 7) is 3.41. The summed E-state index contributed by atoms with van der Waals surface area (Å²) in [5, 5.41) is 2.45. The van der Waals surface area contributed by atoms with Crippen molar-refractivity contribution in [1.29, 1.82) is 0 Å². The minimum Gasteiger partial charge on any atom is -0.325 e. The zero-order valence-electron chi connectivity index (χ0n) is 17.5. The van der Waals surface area contributed by atoms with E-state index in [2.05, 4.69) is 10.3 Å². The van der Waals surface area contributed by atoms with Crippen molar-refractivity contribution in [2.75, 3.05) is 23.3 Å². The van der Waals surface area contributed by atoms with E-state index in [1.807, 2.05) is 13.8 Å². The highest BCUT2D eigenvalue weighted by atomic mass is 19.4. The zero-order chi connectivity index (χ0) is 24.6. The lowest BCUT2D eigenvalue weighted by Gasteiger charge is -2.25. The predicted octanol–water partition coefficient (Wildman–Crippen LogP) is 5.02. The first kappa shape index (κ1) is 24.3. The van der Waals surface area contributed by atoms with Gasteiger partial charge in [0.1, 0.15) is 12.2 Å². The van der Waals surface area contributed by atoms with Crippen LogP contribution in [0.15, 0.2) is 42.6 Å². The number of urea groups is 1. The molecule has 6 nitrogen and oxygen atoms in total. The second-order valence-corrected chi connectivity index (χ2v) is 7.86. The largest absolute Gasteiger partial charge is 0.433 e. The summed E-state index contributed by atoms with van der Waals surface area (Å²) in [5.41, 5.74) is -1.67. The summed E-state index contributed by atoms with van der Waals surface area (Å²) in [5.74, 6) is -0.707. The molecule has 0 spiro atoms. The van der Waals surface area contributed by atoms with Gasteiger partial charge in [-0.3, -0.25) is 9.69 Å². The number of halogens is 6. The van der Waals surface area contributed by atoms with E-state index in [0.29, 0.717) is 0 Å². The highest BCUT2D eigenvalue weighted by Crippen LogP contribution is 2.32. The van der Waals surface area contributed by atoms with Gasteiger partial charge in [-0.15, -0.1) is 0 Å². The molecule has 1 aliphatic heterocycles. The number of rotatable bonds is 5. The maximum atomic E-state index is 12.9. The Morgan fingerprint density at radius 1 is 1.06 bits per heavy atom. The highest BCUT2D eigenvalue weighted by molar-refractivity contribution is 5.99. The SMILES string of the molecule is CC(C)[C@H]1CN(c2ccc(C(F)(F)F)nc2)C(=O)N1CC(=O)Nc1ccc(C(F)(F)F)cc1. The molecule has 1 aromatic carbocycles. The highest BCUT2D eigenvalue weighted by Gasteiger charge is 2.41. The molecule has 1 saturated heterocycles. The number of aromatic nitrogens is 1. The second-order valence-electron chi connectivity index (χ2n) is 7.86. The number of alkyl halides is 6. The molecule has 0 bridgehead atoms. The molecule has 0 radical (unpaired) electrons. The predicted molar refractivity (Wildman–Crippen MR) is 107 cm³/mol. The standard InChI is InChI=1S/C21H20F6N4O2/c1-12(2)16-10-30(15-7-8-17(28-9-15)21(25,26)27)19(33)31(16)11-18(32)29-14-5-3-13(4-6-14)20(22,23)24/h3-9,12,16H,10-11H2,1-2H3,(H,29,32)/t16-/m1/s1. The maximum absolute atomic E-state index is 12.9. The van der Waals surface area contributed by atoms with E-state index in [-0.39, 0.29) is 30.4 Å². The van der Waals surface area contributed by atoms with Crippen LogP contribution in [0.25, 0.3) is 0 Å². The molecular formula is C21H20F6N4O2. The molecule has 1 N–H and O–H groups in total. The average Bonchev–Trinajstić information content (AvgIpc) is 3.03. The van der Waals surface area contributed by atoms with E-state index in [9.17, 15) is 35.9 Å². The third-order valence-electron chi connectivity index (χ3n) is 5.18. The van der Waals surface area contributed by atoms with Crippen molar-refractivity contribution < 1.29 is 35.9 Å².